The van der Waals surface area contributed by atoms with E-state index in [4.69, 9.17) is 0 Å². The van der Waals surface area contributed by atoms with Crippen molar-refractivity contribution in [2.45, 2.75) is 12.8 Å². The molecule has 0 radical (unpaired) electrons. The summed E-state index contributed by atoms with van der Waals surface area (Å²) in [5.74, 6) is -0.0957. The fourth-order valence-corrected chi connectivity index (χ4v) is 2.54. The van der Waals surface area contributed by atoms with Gasteiger partial charge in [0.05, 0.1) is 6.20 Å². The second-order valence-electron chi connectivity index (χ2n) is 4.10. The minimum atomic E-state index is -0.0957. The average molecular weight is 260 g/mol. The first-order valence-corrected chi connectivity index (χ1v) is 6.56. The van der Waals surface area contributed by atoms with Gasteiger partial charge >= 0.3 is 0 Å². The lowest BCUT2D eigenvalue weighted by Crippen LogP contribution is -2.19. The first kappa shape index (κ1) is 11.2. The van der Waals surface area contributed by atoms with Gasteiger partial charge < -0.3 is 10.6 Å². The van der Waals surface area contributed by atoms with Crippen molar-refractivity contribution in [2.24, 2.45) is 0 Å². The number of nitrogens with zero attached hydrogens (tertiary/aromatic N) is 2. The molecule has 1 aliphatic heterocycles. The van der Waals surface area contributed by atoms with E-state index in [1.807, 2.05) is 18.2 Å². The van der Waals surface area contributed by atoms with Crippen LogP contribution in [-0.4, -0.2) is 22.0 Å². The third-order valence-corrected chi connectivity index (χ3v) is 3.52. The Morgan fingerprint density at radius 1 is 1.44 bits per heavy atom. The molecule has 1 aliphatic rings. The summed E-state index contributed by atoms with van der Waals surface area (Å²) in [6, 6.07) is 5.77. The zero-order valence-electron chi connectivity index (χ0n) is 9.64. The van der Waals surface area contributed by atoms with E-state index in [0.29, 0.717) is 5.00 Å². The number of amides is 1. The molecule has 1 amide bonds. The molecule has 18 heavy (non-hydrogen) atoms. The van der Waals surface area contributed by atoms with Crippen molar-refractivity contribution < 1.29 is 4.79 Å². The second-order valence-corrected chi connectivity index (χ2v) is 4.88. The van der Waals surface area contributed by atoms with Crippen molar-refractivity contribution in [3.05, 3.63) is 35.5 Å². The molecule has 0 aliphatic carbocycles. The fourth-order valence-electron chi connectivity index (χ4n) is 2.12. The zero-order chi connectivity index (χ0) is 12.4. The summed E-state index contributed by atoms with van der Waals surface area (Å²) in [6.45, 7) is 0.969. The molecule has 3 rings (SSSR count). The Morgan fingerprint density at radius 3 is 3.22 bits per heavy atom. The summed E-state index contributed by atoms with van der Waals surface area (Å²) < 4.78 is 3.72. The number of hydrogen-bond acceptors (Lipinski definition) is 5. The van der Waals surface area contributed by atoms with Gasteiger partial charge in [0.25, 0.3) is 5.91 Å². The maximum atomic E-state index is 12.2. The molecule has 0 spiro atoms. The molecular weight excluding hydrogens is 248 g/mol. The average Bonchev–Trinajstić information content (AvgIpc) is 2.91. The van der Waals surface area contributed by atoms with Gasteiger partial charge in [0, 0.05) is 29.3 Å². The molecule has 5 nitrogen and oxygen atoms in total. The van der Waals surface area contributed by atoms with Gasteiger partial charge in [-0.3, -0.25) is 4.79 Å². The quantitative estimate of drug-likeness (QED) is 0.868. The molecule has 0 fully saturated rings. The Bertz CT molecular complexity index is 567. The Morgan fingerprint density at radius 2 is 2.39 bits per heavy atom. The largest absolute Gasteiger partial charge is 0.385 e. The molecule has 1 aromatic carbocycles. The number of carbonyl (C=O) groups is 1. The van der Waals surface area contributed by atoms with E-state index in [-0.39, 0.29) is 5.91 Å². The lowest BCUT2D eigenvalue weighted by molar-refractivity contribution is 0.102. The number of nitrogens with one attached hydrogen (secondary N) is 2. The summed E-state index contributed by atoms with van der Waals surface area (Å²) in [4.78, 5) is 12.2. The summed E-state index contributed by atoms with van der Waals surface area (Å²) in [5.41, 5.74) is 2.89. The molecule has 92 valence electrons. The van der Waals surface area contributed by atoms with Crippen LogP contribution in [0, 0.1) is 0 Å². The summed E-state index contributed by atoms with van der Waals surface area (Å²) in [6.07, 6.45) is 3.54. The molecule has 0 atom stereocenters. The highest BCUT2D eigenvalue weighted by Gasteiger charge is 2.17. The van der Waals surface area contributed by atoms with Gasteiger partial charge in [0.2, 0.25) is 0 Å². The van der Waals surface area contributed by atoms with Crippen LogP contribution in [0.4, 0.5) is 10.7 Å². The summed E-state index contributed by atoms with van der Waals surface area (Å²) in [7, 11) is 0. The molecule has 0 saturated heterocycles. The maximum Gasteiger partial charge on any atom is 0.256 e. The molecule has 2 N–H and O–H groups in total. The van der Waals surface area contributed by atoms with Crippen LogP contribution in [0.1, 0.15) is 22.3 Å². The Kier molecular flexibility index (Phi) is 2.93. The van der Waals surface area contributed by atoms with E-state index in [0.717, 1.165) is 36.2 Å². The lowest BCUT2D eigenvalue weighted by Gasteiger charge is -2.20. The van der Waals surface area contributed by atoms with Gasteiger partial charge in [-0.15, -0.1) is 5.10 Å². The van der Waals surface area contributed by atoms with Gasteiger partial charge in [-0.25, -0.2) is 0 Å². The number of rotatable bonds is 2. The number of fused-ring (bicyclic) bond motifs is 1. The van der Waals surface area contributed by atoms with E-state index in [2.05, 4.69) is 20.2 Å². The highest BCUT2D eigenvalue weighted by molar-refractivity contribution is 7.10. The molecular formula is C12H12N4OS. The van der Waals surface area contributed by atoms with Crippen molar-refractivity contribution in [3.63, 3.8) is 0 Å². The molecule has 2 aromatic rings. The van der Waals surface area contributed by atoms with Crippen molar-refractivity contribution in [3.8, 4) is 0 Å². The van der Waals surface area contributed by atoms with E-state index in [1.165, 1.54) is 11.5 Å². The van der Waals surface area contributed by atoms with Crippen molar-refractivity contribution in [2.75, 3.05) is 17.2 Å². The molecule has 0 bridgehead atoms. The third kappa shape index (κ3) is 2.06. The zero-order valence-corrected chi connectivity index (χ0v) is 10.5. The van der Waals surface area contributed by atoms with Crippen molar-refractivity contribution in [1.82, 2.24) is 9.59 Å². The standard InChI is InChI=1S/C12H12N4OS/c17-12(15-11-7-14-16-18-11)9-3-1-5-10-8(9)4-2-6-13-10/h1,3,5,7,13H,2,4,6H2,(H,15,17). The monoisotopic (exact) mass is 260 g/mol. The Labute approximate surface area is 108 Å². The molecule has 6 heteroatoms. The van der Waals surface area contributed by atoms with Crippen LogP contribution in [0.3, 0.4) is 0 Å². The molecule has 0 saturated carbocycles. The number of carbonyl (C=O) groups excluding carboxylic acids is 1. The van der Waals surface area contributed by atoms with Gasteiger partial charge in [0.1, 0.15) is 5.00 Å². The van der Waals surface area contributed by atoms with Crippen LogP contribution in [-0.2, 0) is 6.42 Å². The van der Waals surface area contributed by atoms with Crippen molar-refractivity contribution in [1.29, 1.82) is 0 Å². The van der Waals surface area contributed by atoms with Gasteiger partial charge in [-0.1, -0.05) is 10.6 Å². The van der Waals surface area contributed by atoms with Gasteiger partial charge in [-0.2, -0.15) is 0 Å². The predicted octanol–water partition coefficient (Wildman–Crippen LogP) is 2.15. The molecule has 0 unspecified atom stereocenters. The smallest absolute Gasteiger partial charge is 0.256 e. The highest BCUT2D eigenvalue weighted by atomic mass is 32.1. The Hall–Kier alpha value is -1.95. The van der Waals surface area contributed by atoms with E-state index >= 15 is 0 Å². The third-order valence-electron chi connectivity index (χ3n) is 2.94. The molecule has 1 aromatic heterocycles. The van der Waals surface area contributed by atoms with Crippen LogP contribution in [0.25, 0.3) is 0 Å². The minimum absolute atomic E-state index is 0.0957. The van der Waals surface area contributed by atoms with Crippen LogP contribution in [0.15, 0.2) is 24.4 Å². The predicted molar refractivity (Wildman–Crippen MR) is 71.1 cm³/mol. The van der Waals surface area contributed by atoms with Crippen molar-refractivity contribution >= 4 is 28.1 Å². The first-order valence-electron chi connectivity index (χ1n) is 5.79. The maximum absolute atomic E-state index is 12.2. The summed E-state index contributed by atoms with van der Waals surface area (Å²) in [5, 5.41) is 10.5. The van der Waals surface area contributed by atoms with Gasteiger partial charge in [-0.05, 0) is 30.5 Å². The van der Waals surface area contributed by atoms with Crippen LogP contribution < -0.4 is 10.6 Å². The SMILES string of the molecule is O=C(Nc1cnns1)c1cccc2c1CCCN2. The van der Waals surface area contributed by atoms with Crippen LogP contribution in [0.5, 0.6) is 0 Å². The highest BCUT2D eigenvalue weighted by Crippen LogP contribution is 2.26. The van der Waals surface area contributed by atoms with E-state index in [9.17, 15) is 4.79 Å². The second kappa shape index (κ2) is 4.73. The van der Waals surface area contributed by atoms with Gasteiger partial charge in [0.15, 0.2) is 0 Å². The minimum Gasteiger partial charge on any atom is -0.385 e. The lowest BCUT2D eigenvalue weighted by atomic mass is 9.97. The summed E-state index contributed by atoms with van der Waals surface area (Å²) >= 11 is 1.17. The topological polar surface area (TPSA) is 66.9 Å². The first-order chi connectivity index (χ1) is 8.84. The number of anilines is 2. The van der Waals surface area contributed by atoms with Crippen LogP contribution in [0.2, 0.25) is 0 Å². The fraction of sp³-hybridized carbons (Fsp3) is 0.250. The normalized spacial score (nSPS) is 13.6. The number of benzene rings is 1. The molecule has 2 heterocycles. The van der Waals surface area contributed by atoms with Crippen LogP contribution >= 0.6 is 11.5 Å². The number of hydrogen-bond donors (Lipinski definition) is 2. The van der Waals surface area contributed by atoms with E-state index < -0.39 is 0 Å². The number of aromatic nitrogens is 2. The van der Waals surface area contributed by atoms with E-state index in [1.54, 1.807) is 6.20 Å². The Balaban J connectivity index is 1.89.